The number of anilines is 2. The molecule has 1 saturated heterocycles. The van der Waals surface area contributed by atoms with Crippen LogP contribution in [-0.4, -0.2) is 56.0 Å². The molecule has 0 aromatic carbocycles. The van der Waals surface area contributed by atoms with E-state index in [0.29, 0.717) is 36.1 Å². The molecule has 0 spiro atoms. The van der Waals surface area contributed by atoms with Crippen molar-refractivity contribution < 1.29 is 4.74 Å². The van der Waals surface area contributed by atoms with Crippen LogP contribution in [0, 0.1) is 0 Å². The average molecular weight is 286 g/mol. The third-order valence-electron chi connectivity index (χ3n) is 3.47. The number of rotatable bonds is 2. The number of ether oxygens (including phenoxy) is 1. The van der Waals surface area contributed by atoms with Gasteiger partial charge in [-0.2, -0.15) is 15.1 Å². The van der Waals surface area contributed by atoms with Crippen molar-refractivity contribution in [3.8, 4) is 5.69 Å². The fourth-order valence-electron chi connectivity index (χ4n) is 2.38. The Kier molecular flexibility index (Phi) is 2.71. The van der Waals surface area contributed by atoms with E-state index >= 15 is 0 Å². The molecule has 0 unspecified atom stereocenters. The topological polar surface area (TPSA) is 111 Å². The SMILES string of the molecule is Nc1nc(N2CCOCC2)nc2c1ncn2-c1cn[nH]c1. The van der Waals surface area contributed by atoms with Crippen LogP contribution in [0.2, 0.25) is 0 Å². The fraction of sp³-hybridized carbons (Fsp3) is 0.333. The van der Waals surface area contributed by atoms with Gasteiger partial charge in [-0.3, -0.25) is 9.67 Å². The number of nitrogens with zero attached hydrogens (tertiary/aromatic N) is 6. The second-order valence-corrected chi connectivity index (χ2v) is 4.75. The second kappa shape index (κ2) is 4.70. The summed E-state index contributed by atoms with van der Waals surface area (Å²) in [5.74, 6) is 0.984. The molecule has 3 N–H and O–H groups in total. The Balaban J connectivity index is 1.85. The van der Waals surface area contributed by atoms with Gasteiger partial charge in [-0.25, -0.2) is 4.98 Å². The predicted octanol–water partition coefficient (Wildman–Crippen LogP) is -0.0426. The number of nitrogens with two attached hydrogens (primary N) is 1. The zero-order chi connectivity index (χ0) is 14.2. The lowest BCUT2D eigenvalue weighted by Gasteiger charge is -2.26. The van der Waals surface area contributed by atoms with Crippen LogP contribution in [-0.2, 0) is 4.74 Å². The van der Waals surface area contributed by atoms with Gasteiger partial charge < -0.3 is 15.4 Å². The number of H-pyrrole nitrogens is 1. The fourth-order valence-corrected chi connectivity index (χ4v) is 2.38. The summed E-state index contributed by atoms with van der Waals surface area (Å²) in [6, 6.07) is 0. The summed E-state index contributed by atoms with van der Waals surface area (Å²) in [7, 11) is 0. The number of imidazole rings is 1. The first-order chi connectivity index (χ1) is 10.3. The van der Waals surface area contributed by atoms with Gasteiger partial charge in [0.2, 0.25) is 5.95 Å². The molecule has 3 aromatic rings. The molecule has 1 aliphatic rings. The van der Waals surface area contributed by atoms with Crippen LogP contribution >= 0.6 is 0 Å². The molecule has 0 amide bonds. The number of aromatic nitrogens is 6. The molecule has 0 bridgehead atoms. The first-order valence-electron chi connectivity index (χ1n) is 6.65. The van der Waals surface area contributed by atoms with Crippen molar-refractivity contribution in [3.63, 3.8) is 0 Å². The maximum Gasteiger partial charge on any atom is 0.229 e. The first-order valence-corrected chi connectivity index (χ1v) is 6.65. The summed E-state index contributed by atoms with van der Waals surface area (Å²) in [5.41, 5.74) is 8.14. The van der Waals surface area contributed by atoms with Crippen LogP contribution < -0.4 is 10.6 Å². The number of morpholine rings is 1. The van der Waals surface area contributed by atoms with Gasteiger partial charge in [0.25, 0.3) is 0 Å². The maximum atomic E-state index is 6.02. The summed E-state index contributed by atoms with van der Waals surface area (Å²) < 4.78 is 7.18. The Morgan fingerprint density at radius 3 is 2.86 bits per heavy atom. The van der Waals surface area contributed by atoms with E-state index in [1.807, 2.05) is 4.57 Å². The maximum absolute atomic E-state index is 6.02. The van der Waals surface area contributed by atoms with Crippen molar-refractivity contribution in [1.29, 1.82) is 0 Å². The van der Waals surface area contributed by atoms with Crippen LogP contribution in [0.5, 0.6) is 0 Å². The van der Waals surface area contributed by atoms with E-state index in [2.05, 4.69) is 30.0 Å². The summed E-state index contributed by atoms with van der Waals surface area (Å²) >= 11 is 0. The number of hydrogen-bond donors (Lipinski definition) is 2. The van der Waals surface area contributed by atoms with Crippen molar-refractivity contribution in [2.45, 2.75) is 0 Å². The smallest absolute Gasteiger partial charge is 0.229 e. The second-order valence-electron chi connectivity index (χ2n) is 4.75. The van der Waals surface area contributed by atoms with E-state index in [-0.39, 0.29) is 0 Å². The zero-order valence-corrected chi connectivity index (χ0v) is 11.2. The minimum atomic E-state index is 0.378. The third-order valence-corrected chi connectivity index (χ3v) is 3.47. The molecule has 1 fully saturated rings. The molecule has 0 radical (unpaired) electrons. The number of nitrogen functional groups attached to an aromatic ring is 1. The van der Waals surface area contributed by atoms with Gasteiger partial charge in [-0.15, -0.1) is 0 Å². The lowest BCUT2D eigenvalue weighted by atomic mass is 10.4. The largest absolute Gasteiger partial charge is 0.382 e. The quantitative estimate of drug-likeness (QED) is 0.679. The lowest BCUT2D eigenvalue weighted by molar-refractivity contribution is 0.122. The summed E-state index contributed by atoms with van der Waals surface area (Å²) in [5, 5.41) is 6.72. The molecule has 3 aromatic heterocycles. The van der Waals surface area contributed by atoms with Gasteiger partial charge in [0, 0.05) is 19.3 Å². The highest BCUT2D eigenvalue weighted by atomic mass is 16.5. The molecule has 1 aliphatic heterocycles. The predicted molar refractivity (Wildman–Crippen MR) is 76.3 cm³/mol. The highest BCUT2D eigenvalue weighted by Crippen LogP contribution is 2.22. The molecular weight excluding hydrogens is 272 g/mol. The van der Waals surface area contributed by atoms with Gasteiger partial charge in [0.15, 0.2) is 17.0 Å². The van der Waals surface area contributed by atoms with E-state index < -0.39 is 0 Å². The molecule has 4 heterocycles. The first kappa shape index (κ1) is 12.1. The van der Waals surface area contributed by atoms with Crippen LogP contribution in [0.3, 0.4) is 0 Å². The Labute approximate surface area is 119 Å². The lowest BCUT2D eigenvalue weighted by Crippen LogP contribution is -2.37. The average Bonchev–Trinajstić information content (AvgIpc) is 3.16. The number of aromatic amines is 1. The highest BCUT2D eigenvalue weighted by molar-refractivity contribution is 5.84. The van der Waals surface area contributed by atoms with Crippen molar-refractivity contribution in [2.75, 3.05) is 36.9 Å². The Morgan fingerprint density at radius 2 is 2.10 bits per heavy atom. The minimum Gasteiger partial charge on any atom is -0.382 e. The van der Waals surface area contributed by atoms with E-state index in [1.165, 1.54) is 0 Å². The highest BCUT2D eigenvalue weighted by Gasteiger charge is 2.18. The zero-order valence-electron chi connectivity index (χ0n) is 11.2. The Bertz CT molecular complexity index is 759. The molecule has 0 atom stereocenters. The van der Waals surface area contributed by atoms with E-state index in [9.17, 15) is 0 Å². The van der Waals surface area contributed by atoms with E-state index in [0.717, 1.165) is 18.8 Å². The molecule has 9 nitrogen and oxygen atoms in total. The van der Waals surface area contributed by atoms with Crippen LogP contribution in [0.15, 0.2) is 18.7 Å². The summed E-state index contributed by atoms with van der Waals surface area (Å²) in [4.78, 5) is 15.3. The normalized spacial score (nSPS) is 15.7. The summed E-state index contributed by atoms with van der Waals surface area (Å²) in [6.45, 7) is 2.85. The molecular formula is C12H14N8O. The standard InChI is InChI=1S/C12H14N8O/c13-10-9-11(20(7-14-9)8-5-15-16-6-8)18-12(17-10)19-1-3-21-4-2-19/h5-7H,1-4H2,(H,15,16)(H2,13,17,18). The Hall–Kier alpha value is -2.68. The Morgan fingerprint density at radius 1 is 1.24 bits per heavy atom. The number of fused-ring (bicyclic) bond motifs is 1. The number of hydrogen-bond acceptors (Lipinski definition) is 7. The third kappa shape index (κ3) is 1.98. The minimum absolute atomic E-state index is 0.378. The van der Waals surface area contributed by atoms with E-state index in [1.54, 1.807) is 18.7 Å². The van der Waals surface area contributed by atoms with E-state index in [4.69, 9.17) is 10.5 Å². The van der Waals surface area contributed by atoms with Crippen molar-refractivity contribution >= 4 is 22.9 Å². The van der Waals surface area contributed by atoms with Crippen LogP contribution in [0.4, 0.5) is 11.8 Å². The summed E-state index contributed by atoms with van der Waals surface area (Å²) in [6.07, 6.45) is 5.14. The van der Waals surface area contributed by atoms with Crippen molar-refractivity contribution in [2.24, 2.45) is 0 Å². The molecule has 108 valence electrons. The van der Waals surface area contributed by atoms with Crippen molar-refractivity contribution in [1.82, 2.24) is 29.7 Å². The van der Waals surface area contributed by atoms with Crippen molar-refractivity contribution in [3.05, 3.63) is 18.7 Å². The molecule has 9 heteroatoms. The van der Waals surface area contributed by atoms with Gasteiger partial charge in [0.05, 0.1) is 25.1 Å². The van der Waals surface area contributed by atoms with Gasteiger partial charge in [-0.05, 0) is 0 Å². The van der Waals surface area contributed by atoms with Crippen LogP contribution in [0.1, 0.15) is 0 Å². The van der Waals surface area contributed by atoms with Gasteiger partial charge >= 0.3 is 0 Å². The molecule has 4 rings (SSSR count). The monoisotopic (exact) mass is 286 g/mol. The molecule has 21 heavy (non-hydrogen) atoms. The molecule has 0 aliphatic carbocycles. The van der Waals surface area contributed by atoms with Gasteiger partial charge in [-0.1, -0.05) is 0 Å². The number of nitrogens with one attached hydrogen (secondary N) is 1. The molecule has 0 saturated carbocycles. The van der Waals surface area contributed by atoms with Gasteiger partial charge in [0.1, 0.15) is 6.33 Å². The van der Waals surface area contributed by atoms with Crippen LogP contribution in [0.25, 0.3) is 16.9 Å².